The number of amides is 1. The lowest BCUT2D eigenvalue weighted by atomic mass is 9.86. The third-order valence-electron chi connectivity index (χ3n) is 13.7. The van der Waals surface area contributed by atoms with Crippen molar-refractivity contribution in [3.63, 3.8) is 0 Å². The number of methoxy groups -OCH3 is 1. The predicted molar refractivity (Wildman–Crippen MR) is 285 cm³/mol. The molecule has 0 aliphatic carbocycles. The molecule has 1 amide bonds. The number of sulfonamides is 1. The van der Waals surface area contributed by atoms with E-state index in [0.717, 1.165) is 55.5 Å². The molecule has 2 aliphatic heterocycles. The third-order valence-corrected chi connectivity index (χ3v) is 17.0. The van der Waals surface area contributed by atoms with Crippen molar-refractivity contribution in [2.75, 3.05) is 46.6 Å². The van der Waals surface area contributed by atoms with E-state index >= 15 is 0 Å². The van der Waals surface area contributed by atoms with Gasteiger partial charge in [-0.15, -0.1) is 26.6 Å². The Labute approximate surface area is 444 Å². The fourth-order valence-corrected chi connectivity index (χ4v) is 12.6. The van der Waals surface area contributed by atoms with E-state index in [-0.39, 0.29) is 36.7 Å². The van der Waals surface area contributed by atoms with E-state index in [1.807, 2.05) is 86.0 Å². The molecule has 3 aromatic heterocycles. The Balaban J connectivity index is 0.751. The minimum atomic E-state index is -4.00. The first kappa shape index (κ1) is 53.3. The van der Waals surface area contributed by atoms with Crippen molar-refractivity contribution in [1.82, 2.24) is 39.4 Å². The van der Waals surface area contributed by atoms with E-state index in [1.54, 1.807) is 42.3 Å². The van der Waals surface area contributed by atoms with Crippen LogP contribution in [-0.4, -0.2) is 118 Å². The summed E-state index contributed by atoms with van der Waals surface area (Å²) in [6, 6.07) is 21.5. The number of carboxylic acids is 1. The van der Waals surface area contributed by atoms with Crippen LogP contribution in [0.1, 0.15) is 99.2 Å². The fraction of sp³-hybridized carbons (Fsp3) is 0.389. The summed E-state index contributed by atoms with van der Waals surface area (Å²) < 4.78 is 57.3. The number of fused-ring (bicyclic) bond motifs is 5. The smallest absolute Gasteiger partial charge is 0.304 e. The minimum absolute atomic E-state index is 0.0596. The van der Waals surface area contributed by atoms with Crippen LogP contribution in [0.2, 0.25) is 5.02 Å². The van der Waals surface area contributed by atoms with Gasteiger partial charge in [0.25, 0.3) is 0 Å². The van der Waals surface area contributed by atoms with Crippen LogP contribution in [0.3, 0.4) is 0 Å². The predicted octanol–water partition coefficient (Wildman–Crippen LogP) is 8.15. The number of carboxylic acid groups (broad SMARTS) is 1. The molecule has 2 N–H and O–H groups in total. The number of nitrogens with one attached hydrogen (secondary N) is 1. The number of ether oxygens (including phenoxy) is 4. The zero-order valence-corrected chi connectivity index (χ0v) is 45.3. The van der Waals surface area contributed by atoms with Crippen molar-refractivity contribution in [2.24, 2.45) is 12.0 Å². The summed E-state index contributed by atoms with van der Waals surface area (Å²) in [6.45, 7) is 11.8. The van der Waals surface area contributed by atoms with Gasteiger partial charge in [0.05, 0.1) is 52.0 Å². The van der Waals surface area contributed by atoms with Crippen LogP contribution in [-0.2, 0) is 49.1 Å². The van der Waals surface area contributed by atoms with E-state index in [0.29, 0.717) is 84.8 Å². The lowest BCUT2D eigenvalue weighted by Crippen LogP contribution is -2.35. The average molecular weight is 1080 g/mol. The summed E-state index contributed by atoms with van der Waals surface area (Å²) in [5.41, 5.74) is 9.01. The molecule has 21 heteroatoms. The zero-order valence-electron chi connectivity index (χ0n) is 42.9. The Morgan fingerprint density at radius 3 is 2.48 bits per heavy atom. The van der Waals surface area contributed by atoms with Gasteiger partial charge in [-0.1, -0.05) is 53.2 Å². The number of aliphatic imine (C=N–C) groups is 1. The molecule has 75 heavy (non-hydrogen) atoms. The fourth-order valence-electron chi connectivity index (χ4n) is 9.69. The summed E-state index contributed by atoms with van der Waals surface area (Å²) in [4.78, 5) is 32.0. The van der Waals surface area contributed by atoms with E-state index in [1.165, 1.54) is 9.18 Å². The van der Waals surface area contributed by atoms with Gasteiger partial charge in [-0.05, 0) is 117 Å². The SMILES string of the molecule is COc1cc(C(CC(=O)O)c2ccc(C)c(CN3C[C@@H](C)Oc4cc(CCCOCCOCCNC(=O)C[C@@H]5N=C(c6ccc(Cl)cc6)c6c(sc(C)c6C)-n6c(C)nnc65)ccc4S3(=O)=O)c2)cc2nnn(C)c12. The molecule has 0 fully saturated rings. The Kier molecular flexibility index (Phi) is 16.2. The number of rotatable bonds is 20. The summed E-state index contributed by atoms with van der Waals surface area (Å²) in [6.07, 6.45) is 0.733. The number of carbonyl (C=O) groups excluding carboxylic acids is 1. The molecule has 4 aromatic carbocycles. The van der Waals surface area contributed by atoms with Gasteiger partial charge in [-0.3, -0.25) is 19.1 Å². The number of carbonyl (C=O) groups is 2. The first-order valence-corrected chi connectivity index (χ1v) is 27.4. The van der Waals surface area contributed by atoms with E-state index < -0.39 is 34.1 Å². The van der Waals surface area contributed by atoms with Crippen LogP contribution >= 0.6 is 22.9 Å². The van der Waals surface area contributed by atoms with E-state index in [2.05, 4.69) is 39.7 Å². The molecular formula is C54H60ClN9O9S2. The second kappa shape index (κ2) is 22.7. The number of thiophene rings is 1. The largest absolute Gasteiger partial charge is 0.494 e. The summed E-state index contributed by atoms with van der Waals surface area (Å²) in [7, 11) is -0.699. The monoisotopic (exact) mass is 1080 g/mol. The standard InChI is InChI=1S/C54H60ClN9O9S2/c1-31-10-12-38(42(27-49(66)67)39-25-43-52(46(26-39)70-7)62(6)61-59-43)24-40(31)30-63-29-32(2)73-45-23-36(11-17-47(45)75(63,68)69)9-8-19-71-21-22-72-20-18-56-48(65)28-44-53-60-58-35(5)64(53)54-50(33(3)34(4)74-54)51(57-44)37-13-15-41(55)16-14-37/h10-17,23-26,32,42,44H,8-9,18-22,27-30H2,1-7H3,(H,56,65)(H,66,67)/t32-,42?,44+/m1/s1. The number of hydrogen-bond donors (Lipinski definition) is 2. The number of benzene rings is 4. The van der Waals surface area contributed by atoms with Crippen LogP contribution < -0.4 is 14.8 Å². The van der Waals surface area contributed by atoms with Gasteiger partial charge in [-0.25, -0.2) is 13.1 Å². The van der Waals surface area contributed by atoms with Gasteiger partial charge < -0.3 is 29.4 Å². The van der Waals surface area contributed by atoms with Gasteiger partial charge in [0.15, 0.2) is 5.82 Å². The third kappa shape index (κ3) is 11.5. The normalized spacial score (nSPS) is 16.5. The number of hydrogen-bond acceptors (Lipinski definition) is 14. The second-order valence-electron chi connectivity index (χ2n) is 18.9. The molecule has 1 unspecified atom stereocenters. The Morgan fingerprint density at radius 2 is 1.72 bits per heavy atom. The maximum atomic E-state index is 14.4. The van der Waals surface area contributed by atoms with Gasteiger partial charge in [-0.2, -0.15) is 4.31 Å². The first-order valence-electron chi connectivity index (χ1n) is 24.8. The Morgan fingerprint density at radius 1 is 0.947 bits per heavy atom. The van der Waals surface area contributed by atoms with Gasteiger partial charge in [0.1, 0.15) is 50.4 Å². The van der Waals surface area contributed by atoms with Gasteiger partial charge in [0.2, 0.25) is 15.9 Å². The van der Waals surface area contributed by atoms with Crippen LogP contribution in [0.25, 0.3) is 16.0 Å². The summed E-state index contributed by atoms with van der Waals surface area (Å²) in [5, 5.41) is 31.8. The average Bonchev–Trinajstić information content (AvgIpc) is 4.00. The minimum Gasteiger partial charge on any atom is -0.494 e. The first-order chi connectivity index (χ1) is 36.0. The number of aryl methyl sites for hydroxylation is 5. The molecular weight excluding hydrogens is 1020 g/mol. The lowest BCUT2D eigenvalue weighted by molar-refractivity contribution is -0.137. The maximum absolute atomic E-state index is 14.4. The zero-order chi connectivity index (χ0) is 53.1. The van der Waals surface area contributed by atoms with Crippen LogP contribution in [0.5, 0.6) is 11.5 Å². The van der Waals surface area contributed by atoms with Crippen molar-refractivity contribution >= 4 is 61.6 Å². The topological polar surface area (TPSA) is 214 Å². The Bertz CT molecular complexity index is 3410. The highest BCUT2D eigenvalue weighted by Gasteiger charge is 2.35. The number of aliphatic carboxylic acids is 1. The highest BCUT2D eigenvalue weighted by Crippen LogP contribution is 2.41. The van der Waals surface area contributed by atoms with Crippen LogP contribution in [0, 0.1) is 27.7 Å². The number of aromatic nitrogens is 6. The molecule has 394 valence electrons. The van der Waals surface area contributed by atoms with E-state index in [9.17, 15) is 23.1 Å². The number of nitrogens with zero attached hydrogens (tertiary/aromatic N) is 8. The number of halogens is 1. The van der Waals surface area contributed by atoms with Gasteiger partial charge >= 0.3 is 5.97 Å². The van der Waals surface area contributed by atoms with Crippen LogP contribution in [0.4, 0.5) is 0 Å². The molecule has 0 radical (unpaired) electrons. The summed E-state index contributed by atoms with van der Waals surface area (Å²) in [5.74, 6) is 0.409. The van der Waals surface area contributed by atoms with Gasteiger partial charge in [0, 0.05) is 53.7 Å². The van der Waals surface area contributed by atoms with E-state index in [4.69, 9.17) is 35.5 Å². The van der Waals surface area contributed by atoms with Crippen molar-refractivity contribution in [1.29, 1.82) is 0 Å². The highest BCUT2D eigenvalue weighted by molar-refractivity contribution is 7.89. The molecule has 7 aromatic rings. The molecule has 5 heterocycles. The quantitative estimate of drug-likeness (QED) is 0.0691. The van der Waals surface area contributed by atoms with Crippen molar-refractivity contribution in [2.45, 2.75) is 89.8 Å². The maximum Gasteiger partial charge on any atom is 0.304 e. The molecule has 2 aliphatic rings. The molecule has 0 spiro atoms. The van der Waals surface area contributed by atoms with Crippen molar-refractivity contribution in [3.05, 3.63) is 139 Å². The van der Waals surface area contributed by atoms with Crippen LogP contribution in [0.15, 0.2) is 82.7 Å². The molecule has 0 saturated carbocycles. The Hall–Kier alpha value is -6.55. The molecule has 18 nitrogen and oxygen atoms in total. The van der Waals surface area contributed by atoms with Crippen molar-refractivity contribution < 1.29 is 42.1 Å². The molecule has 0 saturated heterocycles. The van der Waals surface area contributed by atoms with Crippen molar-refractivity contribution in [3.8, 4) is 16.5 Å². The molecule has 3 atom stereocenters. The lowest BCUT2D eigenvalue weighted by Gasteiger charge is -2.24. The molecule has 0 bridgehead atoms. The molecule has 9 rings (SSSR count). The second-order valence-corrected chi connectivity index (χ2v) is 22.5. The highest BCUT2D eigenvalue weighted by atomic mass is 35.5. The summed E-state index contributed by atoms with van der Waals surface area (Å²) >= 11 is 7.91.